The van der Waals surface area contributed by atoms with Gasteiger partial charge in [-0.05, 0) is 24.1 Å². The van der Waals surface area contributed by atoms with Crippen LogP contribution in [0, 0.1) is 0 Å². The molecule has 0 unspecified atom stereocenters. The molecule has 6 nitrogen and oxygen atoms in total. The van der Waals surface area contributed by atoms with Crippen LogP contribution in [0.3, 0.4) is 0 Å². The summed E-state index contributed by atoms with van der Waals surface area (Å²) in [5.74, 6) is -0.0363. The van der Waals surface area contributed by atoms with Gasteiger partial charge in [-0.15, -0.1) is 0 Å². The summed E-state index contributed by atoms with van der Waals surface area (Å²) in [5.41, 5.74) is 1.64. The lowest BCUT2D eigenvalue weighted by Crippen LogP contribution is -2.29. The van der Waals surface area contributed by atoms with E-state index in [0.29, 0.717) is 12.1 Å². The lowest BCUT2D eigenvalue weighted by Gasteiger charge is -2.04. The summed E-state index contributed by atoms with van der Waals surface area (Å²) in [6.45, 7) is 0.386. The molecule has 2 aromatic rings. The van der Waals surface area contributed by atoms with E-state index in [0.717, 1.165) is 12.0 Å². The molecule has 2 N–H and O–H groups in total. The van der Waals surface area contributed by atoms with Gasteiger partial charge in [0.15, 0.2) is 0 Å². The number of hydrogen-bond donors (Lipinski definition) is 2. The van der Waals surface area contributed by atoms with Gasteiger partial charge in [0.25, 0.3) is 10.0 Å². The summed E-state index contributed by atoms with van der Waals surface area (Å²) in [6, 6.07) is 16.4. The van der Waals surface area contributed by atoms with Crippen LogP contribution in [0.25, 0.3) is 0 Å². The van der Waals surface area contributed by atoms with Crippen molar-refractivity contribution in [3.05, 3.63) is 65.7 Å². The van der Waals surface area contributed by atoms with E-state index < -0.39 is 10.0 Å². The number of nitrogens with zero attached hydrogens (tertiary/aromatic N) is 1. The third-order valence-corrected chi connectivity index (χ3v) is 5.02. The van der Waals surface area contributed by atoms with E-state index in [1.807, 2.05) is 30.3 Å². The van der Waals surface area contributed by atoms with Crippen molar-refractivity contribution >= 4 is 21.8 Å². The van der Waals surface area contributed by atoms with Gasteiger partial charge < -0.3 is 5.32 Å². The molecule has 0 fully saturated rings. The topological polar surface area (TPSA) is 87.6 Å². The molecule has 0 radical (unpaired) electrons. The number of fused-ring (bicyclic) bond motifs is 1. The van der Waals surface area contributed by atoms with Crippen LogP contribution >= 0.6 is 0 Å². The Labute approximate surface area is 140 Å². The van der Waals surface area contributed by atoms with Crippen molar-refractivity contribution < 1.29 is 13.2 Å². The van der Waals surface area contributed by atoms with Gasteiger partial charge in [-0.1, -0.05) is 42.5 Å². The fourth-order valence-corrected chi connectivity index (χ4v) is 3.70. The van der Waals surface area contributed by atoms with Gasteiger partial charge in [0.05, 0.1) is 4.90 Å². The number of amidine groups is 1. The zero-order chi connectivity index (χ0) is 17.0. The first kappa shape index (κ1) is 16.2. The third-order valence-electron chi connectivity index (χ3n) is 3.62. The number of aliphatic imine (C=N–C) groups is 1. The van der Waals surface area contributed by atoms with Crippen molar-refractivity contribution in [2.45, 2.75) is 11.3 Å². The third kappa shape index (κ3) is 3.62. The molecule has 0 aromatic heterocycles. The number of hydrogen-bond acceptors (Lipinski definition) is 4. The maximum Gasteiger partial charge on any atom is 0.263 e. The van der Waals surface area contributed by atoms with Crippen LogP contribution in [0.1, 0.15) is 11.1 Å². The Morgan fingerprint density at radius 2 is 1.75 bits per heavy atom. The number of rotatable bonds is 5. The van der Waals surface area contributed by atoms with Crippen molar-refractivity contribution in [1.29, 1.82) is 0 Å². The zero-order valence-corrected chi connectivity index (χ0v) is 13.7. The molecule has 1 aliphatic heterocycles. The molecule has 0 bridgehead atoms. The van der Waals surface area contributed by atoms with Crippen LogP contribution in [0.2, 0.25) is 0 Å². The number of nitrogens with one attached hydrogen (secondary N) is 2. The lowest BCUT2D eigenvalue weighted by atomic mass is 10.1. The molecule has 3 rings (SSSR count). The monoisotopic (exact) mass is 343 g/mol. The van der Waals surface area contributed by atoms with Crippen molar-refractivity contribution in [3.63, 3.8) is 0 Å². The Morgan fingerprint density at radius 1 is 1.04 bits per heavy atom. The predicted molar refractivity (Wildman–Crippen MR) is 91.3 cm³/mol. The van der Waals surface area contributed by atoms with Gasteiger partial charge in [-0.2, -0.15) is 0 Å². The fourth-order valence-electron chi connectivity index (χ4n) is 2.45. The zero-order valence-electron chi connectivity index (χ0n) is 12.9. The van der Waals surface area contributed by atoms with E-state index in [1.54, 1.807) is 18.2 Å². The Balaban J connectivity index is 1.57. The number of sulfonamides is 1. The van der Waals surface area contributed by atoms with Gasteiger partial charge in [0.1, 0.15) is 12.4 Å². The largest absolute Gasteiger partial charge is 0.354 e. The minimum absolute atomic E-state index is 0.124. The van der Waals surface area contributed by atoms with Crippen LogP contribution in [0.15, 0.2) is 64.5 Å². The molecule has 0 saturated carbocycles. The number of benzene rings is 2. The smallest absolute Gasteiger partial charge is 0.263 e. The van der Waals surface area contributed by atoms with E-state index in [2.05, 4.69) is 15.0 Å². The maximum atomic E-state index is 11.9. The summed E-state index contributed by atoms with van der Waals surface area (Å²) in [6.07, 6.45) is 0.735. The Hall–Kier alpha value is -2.67. The standard InChI is InChI=1S/C17H17N3O3S/c21-16(18-11-10-13-6-2-1-3-7-13)12-19-17-14-8-4-5-9-15(14)24(22,23)20-17/h1-9H,10-12H2,(H,18,21)(H,19,20). The fraction of sp³-hybridized carbons (Fsp3) is 0.176. The highest BCUT2D eigenvalue weighted by atomic mass is 32.2. The Kier molecular flexibility index (Phi) is 4.61. The van der Waals surface area contributed by atoms with E-state index in [9.17, 15) is 13.2 Å². The van der Waals surface area contributed by atoms with E-state index in [-0.39, 0.29) is 23.2 Å². The molecule has 2 aromatic carbocycles. The minimum atomic E-state index is -3.57. The molecular weight excluding hydrogens is 326 g/mol. The average Bonchev–Trinajstić information content (AvgIpc) is 2.85. The summed E-state index contributed by atoms with van der Waals surface area (Å²) in [5, 5.41) is 2.78. The van der Waals surface area contributed by atoms with Gasteiger partial charge in [0, 0.05) is 12.1 Å². The lowest BCUT2D eigenvalue weighted by molar-refractivity contribution is -0.119. The van der Waals surface area contributed by atoms with Crippen molar-refractivity contribution in [3.8, 4) is 0 Å². The molecule has 1 heterocycles. The molecule has 0 aliphatic carbocycles. The highest BCUT2D eigenvalue weighted by Gasteiger charge is 2.30. The molecule has 24 heavy (non-hydrogen) atoms. The molecule has 124 valence electrons. The van der Waals surface area contributed by atoms with Crippen LogP contribution in [0.5, 0.6) is 0 Å². The SMILES string of the molecule is O=C(CN=C1NS(=O)(=O)c2ccccc21)NCCc1ccccc1. The van der Waals surface area contributed by atoms with E-state index >= 15 is 0 Å². The van der Waals surface area contributed by atoms with Crippen LogP contribution in [-0.2, 0) is 21.2 Å². The molecule has 0 saturated heterocycles. The summed E-state index contributed by atoms with van der Waals surface area (Å²) >= 11 is 0. The molecule has 1 amide bonds. The highest BCUT2D eigenvalue weighted by Crippen LogP contribution is 2.21. The van der Waals surface area contributed by atoms with Gasteiger partial charge in [-0.25, -0.2) is 8.42 Å². The second kappa shape index (κ2) is 6.84. The van der Waals surface area contributed by atoms with Crippen molar-refractivity contribution in [2.24, 2.45) is 4.99 Å². The van der Waals surface area contributed by atoms with E-state index in [4.69, 9.17) is 0 Å². The molecule has 1 aliphatic rings. The molecule has 7 heteroatoms. The predicted octanol–water partition coefficient (Wildman–Crippen LogP) is 1.08. The molecule has 0 spiro atoms. The van der Waals surface area contributed by atoms with Crippen LogP contribution in [-0.4, -0.2) is 33.3 Å². The Morgan fingerprint density at radius 3 is 2.54 bits per heavy atom. The van der Waals surface area contributed by atoms with Crippen LogP contribution in [0.4, 0.5) is 0 Å². The first-order chi connectivity index (χ1) is 11.6. The second-order valence-corrected chi connectivity index (χ2v) is 7.00. The first-order valence-electron chi connectivity index (χ1n) is 7.53. The van der Waals surface area contributed by atoms with E-state index in [1.165, 1.54) is 6.07 Å². The van der Waals surface area contributed by atoms with Gasteiger partial charge in [-0.3, -0.25) is 14.5 Å². The van der Waals surface area contributed by atoms with Gasteiger partial charge >= 0.3 is 0 Å². The van der Waals surface area contributed by atoms with Crippen molar-refractivity contribution in [1.82, 2.24) is 10.0 Å². The first-order valence-corrected chi connectivity index (χ1v) is 9.02. The summed E-state index contributed by atoms with van der Waals surface area (Å²) in [4.78, 5) is 16.2. The maximum absolute atomic E-state index is 11.9. The quantitative estimate of drug-likeness (QED) is 0.852. The molecule has 0 atom stereocenters. The average molecular weight is 343 g/mol. The van der Waals surface area contributed by atoms with Gasteiger partial charge in [0.2, 0.25) is 5.91 Å². The van der Waals surface area contributed by atoms with Crippen molar-refractivity contribution in [2.75, 3.05) is 13.1 Å². The van der Waals surface area contributed by atoms with Crippen LogP contribution < -0.4 is 10.0 Å². The number of amides is 1. The minimum Gasteiger partial charge on any atom is -0.354 e. The Bertz CT molecular complexity index is 877. The number of carbonyl (C=O) groups is 1. The second-order valence-electron chi connectivity index (χ2n) is 5.35. The normalized spacial score (nSPS) is 16.4. The highest BCUT2D eigenvalue weighted by molar-refractivity contribution is 7.90. The summed E-state index contributed by atoms with van der Waals surface area (Å²) < 4.78 is 26.3. The molecular formula is C17H17N3O3S. The number of carbonyl (C=O) groups excluding carboxylic acids is 1. The summed E-state index contributed by atoms with van der Waals surface area (Å²) in [7, 11) is -3.57.